The maximum atomic E-state index is 14.1. The molecule has 92 heavy (non-hydrogen) atoms. The Labute approximate surface area is 542 Å². The van der Waals surface area contributed by atoms with E-state index < -0.39 is 11.6 Å². The van der Waals surface area contributed by atoms with Crippen molar-refractivity contribution in [2.45, 2.75) is 122 Å². The highest BCUT2D eigenvalue weighted by molar-refractivity contribution is 6.06. The van der Waals surface area contributed by atoms with Crippen LogP contribution in [0.4, 0.5) is 24.5 Å². The van der Waals surface area contributed by atoms with Crippen molar-refractivity contribution in [3.63, 3.8) is 0 Å². The number of hydrogen-bond acceptors (Lipinski definition) is 7. The number of nitrogens with one attached hydrogen (secondary N) is 4. The van der Waals surface area contributed by atoms with Crippen LogP contribution in [0.5, 0.6) is 23.0 Å². The third-order valence-corrected chi connectivity index (χ3v) is 15.6. The molecule has 1 aliphatic heterocycles. The summed E-state index contributed by atoms with van der Waals surface area (Å²) in [6.07, 6.45) is -3.16. The van der Waals surface area contributed by atoms with Crippen LogP contribution in [-0.2, 0) is 5.41 Å². The van der Waals surface area contributed by atoms with E-state index in [0.717, 1.165) is 66.8 Å². The largest absolute Gasteiger partial charge is 0.506 e. The Morgan fingerprint density at radius 2 is 0.630 bits per heavy atom. The molecule has 9 aromatic rings. The number of carbonyl (C=O) groups excluding carboxylic acids is 4. The second kappa shape index (κ2) is 34.9. The molecule has 0 aromatic heterocycles. The fourth-order valence-electron chi connectivity index (χ4n) is 8.85. The standard InChI is InChI=1S/C19H19F3O.2C15H15NO2.2C10H13NO.C6H6.C3H8/c1-10-6-14-16(8-12(10)3)23-17-9-13(4)11(2)7-15(17)18(14,5)19(20,21)22;2*1-10-7-8-12(9-11(10)2)15(18)16-13-5-3-4-6-14(13)17;2*1-7-4-5-9(6-8(7)2)10(12)11-3;1-2-4-6-5-3-1;1-3-2/h6-9H,1-5H3;2*3-9,17H,1-2H3,(H,16,18);2*4-6H,1-3H3,(H,11,12);1-6H;3H2,1-2H3. The van der Waals surface area contributed by atoms with Gasteiger partial charge in [-0.15, -0.1) is 0 Å². The quantitative estimate of drug-likeness (QED) is 0.0902. The SMILES string of the molecule is CCC.CNC(=O)c1ccc(C)c(C)c1.CNC(=O)c1ccc(C)c(C)c1.Cc1cc2c(cc1C)C(C)(C(F)(F)F)c1cc(C)c(C)cc1O2.Cc1ccc(C(=O)Nc2ccccc2O)cc1C.Cc1ccc(C(=O)Nc2ccccc2O)cc1C.c1ccccc1. The minimum absolute atomic E-state index is 0.0295. The van der Waals surface area contributed by atoms with Gasteiger partial charge in [0.1, 0.15) is 28.4 Å². The number of amides is 4. The van der Waals surface area contributed by atoms with Gasteiger partial charge in [-0.25, -0.2) is 0 Å². The predicted octanol–water partition coefficient (Wildman–Crippen LogP) is 18.8. The van der Waals surface area contributed by atoms with Gasteiger partial charge in [0.2, 0.25) is 0 Å². The summed E-state index contributed by atoms with van der Waals surface area (Å²) in [6, 6.07) is 54.4. The number of halogens is 3. The van der Waals surface area contributed by atoms with Crippen molar-refractivity contribution in [1.82, 2.24) is 10.6 Å². The van der Waals surface area contributed by atoms with Gasteiger partial charge in [0, 0.05) is 47.5 Å². The zero-order chi connectivity index (χ0) is 68.6. The van der Waals surface area contributed by atoms with E-state index in [4.69, 9.17) is 4.74 Å². The van der Waals surface area contributed by atoms with E-state index >= 15 is 0 Å². The summed E-state index contributed by atoms with van der Waals surface area (Å²) in [4.78, 5) is 46.3. The molecule has 0 bridgehead atoms. The second-order valence-corrected chi connectivity index (χ2v) is 22.7. The highest BCUT2D eigenvalue weighted by atomic mass is 19.4. The topological polar surface area (TPSA) is 166 Å². The van der Waals surface area contributed by atoms with Gasteiger partial charge in [0.25, 0.3) is 23.6 Å². The number of phenolic OH excluding ortho intramolecular Hbond substituents is 2. The van der Waals surface area contributed by atoms with E-state index in [1.54, 1.807) is 86.9 Å². The Kier molecular flexibility index (Phi) is 28.2. The molecule has 0 fully saturated rings. The Hall–Kier alpha value is -9.95. The molecule has 484 valence electrons. The number of carbonyl (C=O) groups is 4. The van der Waals surface area contributed by atoms with Crippen LogP contribution in [0.15, 0.2) is 182 Å². The number of rotatable bonds is 6. The van der Waals surface area contributed by atoms with Crippen LogP contribution in [0.3, 0.4) is 0 Å². The van der Waals surface area contributed by atoms with Gasteiger partial charge in [-0.3, -0.25) is 19.2 Å². The van der Waals surface area contributed by atoms with E-state index in [1.807, 2.05) is 180 Å². The van der Waals surface area contributed by atoms with Crippen LogP contribution >= 0.6 is 0 Å². The number of hydrogen-bond donors (Lipinski definition) is 6. The Bertz CT molecular complexity index is 3720. The van der Waals surface area contributed by atoms with Crippen molar-refractivity contribution in [2.24, 2.45) is 0 Å². The summed E-state index contributed by atoms with van der Waals surface area (Å²) in [6.45, 7) is 28.9. The molecule has 1 heterocycles. The number of aryl methyl sites for hydroxylation is 12. The molecular formula is C78H89F3N4O7. The van der Waals surface area contributed by atoms with E-state index in [9.17, 15) is 42.6 Å². The van der Waals surface area contributed by atoms with Crippen molar-refractivity contribution < 1.29 is 47.3 Å². The molecule has 0 aliphatic carbocycles. The van der Waals surface area contributed by atoms with E-state index in [1.165, 1.54) is 36.6 Å². The molecule has 6 N–H and O–H groups in total. The number of para-hydroxylation sites is 4. The van der Waals surface area contributed by atoms with E-state index in [2.05, 4.69) is 35.1 Å². The highest BCUT2D eigenvalue weighted by Crippen LogP contribution is 2.56. The Morgan fingerprint density at radius 3 is 0.880 bits per heavy atom. The number of aromatic hydroxyl groups is 2. The third-order valence-electron chi connectivity index (χ3n) is 15.6. The molecule has 0 saturated heterocycles. The zero-order valence-corrected chi connectivity index (χ0v) is 56.1. The molecule has 1 aliphatic rings. The lowest BCUT2D eigenvalue weighted by Crippen LogP contribution is -2.42. The lowest BCUT2D eigenvalue weighted by Gasteiger charge is -2.39. The van der Waals surface area contributed by atoms with Crippen LogP contribution in [0.2, 0.25) is 0 Å². The van der Waals surface area contributed by atoms with Gasteiger partial charge in [-0.05, 0) is 242 Å². The molecule has 0 atom stereocenters. The van der Waals surface area contributed by atoms with Crippen LogP contribution < -0.4 is 26.0 Å². The molecule has 0 unspecified atom stereocenters. The smallest absolute Gasteiger partial charge is 0.402 e. The molecule has 0 radical (unpaired) electrons. The summed E-state index contributed by atoms with van der Waals surface area (Å²) in [5, 5.41) is 29.7. The third kappa shape index (κ3) is 20.8. The summed E-state index contributed by atoms with van der Waals surface area (Å²) in [7, 11) is 3.27. The maximum absolute atomic E-state index is 14.1. The highest BCUT2D eigenvalue weighted by Gasteiger charge is 2.57. The Morgan fingerprint density at radius 1 is 0.380 bits per heavy atom. The molecular weight excluding hydrogens is 1160 g/mol. The molecule has 14 heteroatoms. The first kappa shape index (κ1) is 74.5. The minimum atomic E-state index is -4.41. The van der Waals surface area contributed by atoms with Gasteiger partial charge in [-0.2, -0.15) is 13.2 Å². The molecule has 11 nitrogen and oxygen atoms in total. The number of anilines is 2. The normalized spacial score (nSPS) is 11.1. The van der Waals surface area contributed by atoms with Gasteiger partial charge >= 0.3 is 6.18 Å². The summed E-state index contributed by atoms with van der Waals surface area (Å²) in [5.41, 5.74) is 14.4. The van der Waals surface area contributed by atoms with Crippen molar-refractivity contribution in [1.29, 1.82) is 0 Å². The monoisotopic (exact) mass is 1250 g/mol. The number of benzene rings is 9. The summed E-state index contributed by atoms with van der Waals surface area (Å²) in [5.74, 6) is 0.215. The number of fused-ring (bicyclic) bond motifs is 2. The lowest BCUT2D eigenvalue weighted by molar-refractivity contribution is -0.174. The minimum Gasteiger partial charge on any atom is -0.506 e. The predicted molar refractivity (Wildman–Crippen MR) is 369 cm³/mol. The molecule has 9 aromatic carbocycles. The van der Waals surface area contributed by atoms with Gasteiger partial charge in [0.05, 0.1) is 11.4 Å². The lowest BCUT2D eigenvalue weighted by atomic mass is 9.72. The first-order chi connectivity index (χ1) is 43.4. The number of phenols is 2. The van der Waals surface area contributed by atoms with Crippen molar-refractivity contribution in [3.8, 4) is 23.0 Å². The zero-order valence-electron chi connectivity index (χ0n) is 56.1. The van der Waals surface area contributed by atoms with Crippen LogP contribution in [0, 0.1) is 83.1 Å². The van der Waals surface area contributed by atoms with E-state index in [0.29, 0.717) is 34.0 Å². The van der Waals surface area contributed by atoms with Gasteiger partial charge < -0.3 is 36.2 Å². The van der Waals surface area contributed by atoms with Crippen LogP contribution in [0.1, 0.15) is 147 Å². The van der Waals surface area contributed by atoms with Crippen molar-refractivity contribution in [3.05, 3.63) is 282 Å². The Balaban J connectivity index is 0.000000241. The van der Waals surface area contributed by atoms with Crippen molar-refractivity contribution >= 4 is 35.0 Å². The van der Waals surface area contributed by atoms with Gasteiger partial charge in [0.15, 0.2) is 0 Å². The fourth-order valence-corrected chi connectivity index (χ4v) is 8.85. The first-order valence-corrected chi connectivity index (χ1v) is 30.3. The maximum Gasteiger partial charge on any atom is 0.402 e. The fraction of sp³-hybridized carbons (Fsp3) is 0.256. The molecule has 10 rings (SSSR count). The molecule has 0 saturated carbocycles. The van der Waals surface area contributed by atoms with Crippen molar-refractivity contribution in [2.75, 3.05) is 24.7 Å². The summed E-state index contributed by atoms with van der Waals surface area (Å²) < 4.78 is 48.1. The number of alkyl halides is 3. The first-order valence-electron chi connectivity index (χ1n) is 30.3. The average Bonchev–Trinajstić information content (AvgIpc) is 0.718. The molecule has 4 amide bonds. The van der Waals surface area contributed by atoms with Crippen LogP contribution in [0.25, 0.3) is 0 Å². The van der Waals surface area contributed by atoms with Crippen LogP contribution in [-0.4, -0.2) is 54.1 Å². The second-order valence-electron chi connectivity index (χ2n) is 22.7. The average molecular weight is 1250 g/mol. The number of ether oxygens (including phenoxy) is 1. The molecule has 0 spiro atoms. The summed E-state index contributed by atoms with van der Waals surface area (Å²) >= 11 is 0. The van der Waals surface area contributed by atoms with Gasteiger partial charge in [-0.1, -0.05) is 117 Å². The van der Waals surface area contributed by atoms with E-state index in [-0.39, 0.29) is 46.3 Å².